The summed E-state index contributed by atoms with van der Waals surface area (Å²) < 4.78 is 1.63. The van der Waals surface area contributed by atoms with Crippen LogP contribution in [-0.2, 0) is 17.9 Å². The SMILES string of the molecule is CCn1cc(C(=O)C(=O)N2CCN(Cc3nc(N)c4ccccc4n3)CC2)cn1. The number of nitrogen functional groups attached to an aromatic ring is 1. The van der Waals surface area contributed by atoms with Gasteiger partial charge in [0.05, 0.1) is 23.8 Å². The summed E-state index contributed by atoms with van der Waals surface area (Å²) in [5.41, 5.74) is 7.21. The lowest BCUT2D eigenvalue weighted by Crippen LogP contribution is -2.50. The van der Waals surface area contributed by atoms with Crippen LogP contribution in [0.1, 0.15) is 23.1 Å². The summed E-state index contributed by atoms with van der Waals surface area (Å²) in [4.78, 5) is 37.7. The second kappa shape index (κ2) is 7.96. The molecule has 0 bridgehead atoms. The average Bonchev–Trinajstić information content (AvgIpc) is 3.23. The molecule has 150 valence electrons. The molecule has 1 saturated heterocycles. The zero-order chi connectivity index (χ0) is 20.4. The largest absolute Gasteiger partial charge is 0.383 e. The van der Waals surface area contributed by atoms with Crippen LogP contribution in [0.5, 0.6) is 0 Å². The first-order valence-electron chi connectivity index (χ1n) is 9.64. The van der Waals surface area contributed by atoms with Crippen molar-refractivity contribution in [2.45, 2.75) is 20.0 Å². The van der Waals surface area contributed by atoms with Crippen molar-refractivity contribution in [2.24, 2.45) is 0 Å². The molecule has 4 rings (SSSR count). The highest BCUT2D eigenvalue weighted by atomic mass is 16.2. The van der Waals surface area contributed by atoms with E-state index in [1.54, 1.807) is 15.8 Å². The Morgan fingerprint density at radius 1 is 1.10 bits per heavy atom. The van der Waals surface area contributed by atoms with E-state index in [9.17, 15) is 9.59 Å². The number of nitrogens with zero attached hydrogens (tertiary/aromatic N) is 6. The number of aromatic nitrogens is 4. The molecule has 0 unspecified atom stereocenters. The predicted molar refractivity (Wildman–Crippen MR) is 108 cm³/mol. The number of ketones is 1. The number of Topliss-reactive ketones (excluding diaryl/α,β-unsaturated/α-hetero) is 1. The molecule has 9 heteroatoms. The smallest absolute Gasteiger partial charge is 0.295 e. The molecule has 3 aromatic rings. The molecule has 2 N–H and O–H groups in total. The second-order valence-electron chi connectivity index (χ2n) is 7.02. The van der Waals surface area contributed by atoms with Crippen molar-refractivity contribution in [1.29, 1.82) is 0 Å². The lowest BCUT2D eigenvalue weighted by atomic mass is 10.2. The molecule has 1 amide bonds. The van der Waals surface area contributed by atoms with E-state index in [2.05, 4.69) is 20.0 Å². The van der Waals surface area contributed by atoms with Crippen molar-refractivity contribution in [3.05, 3.63) is 48.0 Å². The van der Waals surface area contributed by atoms with Gasteiger partial charge in [0, 0.05) is 44.3 Å². The Kier molecular flexibility index (Phi) is 5.22. The molecule has 0 saturated carbocycles. The quantitative estimate of drug-likeness (QED) is 0.508. The van der Waals surface area contributed by atoms with E-state index >= 15 is 0 Å². The summed E-state index contributed by atoms with van der Waals surface area (Å²) in [6.45, 7) is 5.38. The van der Waals surface area contributed by atoms with Gasteiger partial charge in [0.1, 0.15) is 11.6 Å². The molecule has 0 aliphatic carbocycles. The first-order valence-corrected chi connectivity index (χ1v) is 9.64. The van der Waals surface area contributed by atoms with E-state index in [4.69, 9.17) is 5.73 Å². The predicted octanol–water partition coefficient (Wildman–Crippen LogP) is 0.955. The first kappa shape index (κ1) is 19.0. The molecular formula is C20H23N7O2. The van der Waals surface area contributed by atoms with Gasteiger partial charge < -0.3 is 10.6 Å². The van der Waals surface area contributed by atoms with Crippen molar-refractivity contribution >= 4 is 28.4 Å². The fraction of sp³-hybridized carbons (Fsp3) is 0.350. The summed E-state index contributed by atoms with van der Waals surface area (Å²) in [6.07, 6.45) is 3.05. The Labute approximate surface area is 168 Å². The number of rotatable bonds is 5. The number of benzene rings is 1. The number of anilines is 1. The Balaban J connectivity index is 1.37. The highest BCUT2D eigenvalue weighted by Crippen LogP contribution is 2.18. The van der Waals surface area contributed by atoms with Crippen LogP contribution in [0.4, 0.5) is 5.82 Å². The number of carbonyl (C=O) groups is 2. The van der Waals surface area contributed by atoms with Gasteiger partial charge in [0.25, 0.3) is 11.7 Å². The van der Waals surface area contributed by atoms with E-state index in [-0.39, 0.29) is 0 Å². The van der Waals surface area contributed by atoms with Crippen LogP contribution in [0.25, 0.3) is 10.9 Å². The molecule has 1 aliphatic rings. The average molecular weight is 393 g/mol. The molecule has 9 nitrogen and oxygen atoms in total. The molecular weight excluding hydrogens is 370 g/mol. The fourth-order valence-corrected chi connectivity index (χ4v) is 3.45. The Hall–Kier alpha value is -3.33. The van der Waals surface area contributed by atoms with Gasteiger partial charge in [-0.3, -0.25) is 19.2 Å². The third kappa shape index (κ3) is 3.95. The van der Waals surface area contributed by atoms with Crippen LogP contribution >= 0.6 is 0 Å². The molecule has 0 spiro atoms. The second-order valence-corrected chi connectivity index (χ2v) is 7.02. The van der Waals surface area contributed by atoms with Crippen LogP contribution in [-0.4, -0.2) is 67.4 Å². The van der Waals surface area contributed by atoms with E-state index in [1.165, 1.54) is 6.20 Å². The number of aryl methyl sites for hydroxylation is 1. The number of fused-ring (bicyclic) bond motifs is 1. The highest BCUT2D eigenvalue weighted by molar-refractivity contribution is 6.42. The summed E-state index contributed by atoms with van der Waals surface area (Å²) in [5, 5.41) is 4.91. The lowest BCUT2D eigenvalue weighted by molar-refractivity contribution is -0.128. The third-order valence-electron chi connectivity index (χ3n) is 5.12. The van der Waals surface area contributed by atoms with Crippen LogP contribution in [0.2, 0.25) is 0 Å². The number of hydrogen-bond donors (Lipinski definition) is 1. The topological polar surface area (TPSA) is 110 Å². The minimum Gasteiger partial charge on any atom is -0.383 e. The maximum Gasteiger partial charge on any atom is 0.295 e. The summed E-state index contributed by atoms with van der Waals surface area (Å²) in [7, 11) is 0. The number of hydrogen-bond acceptors (Lipinski definition) is 7. The van der Waals surface area contributed by atoms with E-state index in [0.29, 0.717) is 56.5 Å². The Bertz CT molecular complexity index is 1050. The summed E-state index contributed by atoms with van der Waals surface area (Å²) >= 11 is 0. The molecule has 3 heterocycles. The zero-order valence-corrected chi connectivity index (χ0v) is 16.3. The van der Waals surface area contributed by atoms with Crippen molar-refractivity contribution in [2.75, 3.05) is 31.9 Å². The summed E-state index contributed by atoms with van der Waals surface area (Å²) in [5.74, 6) is 0.136. The maximum atomic E-state index is 12.5. The van der Waals surface area contributed by atoms with Crippen LogP contribution < -0.4 is 5.73 Å². The number of para-hydroxylation sites is 1. The number of nitrogens with two attached hydrogens (primary N) is 1. The first-order chi connectivity index (χ1) is 14.0. The number of piperazine rings is 1. The molecule has 1 aromatic carbocycles. The minimum absolute atomic E-state index is 0.333. The summed E-state index contributed by atoms with van der Waals surface area (Å²) in [6, 6.07) is 7.65. The van der Waals surface area contributed by atoms with Gasteiger partial charge in [0.2, 0.25) is 0 Å². The fourth-order valence-electron chi connectivity index (χ4n) is 3.45. The van der Waals surface area contributed by atoms with Gasteiger partial charge in [-0.2, -0.15) is 5.10 Å². The Morgan fingerprint density at radius 3 is 2.59 bits per heavy atom. The van der Waals surface area contributed by atoms with Gasteiger partial charge in [-0.15, -0.1) is 0 Å². The van der Waals surface area contributed by atoms with E-state index in [1.807, 2.05) is 31.2 Å². The zero-order valence-electron chi connectivity index (χ0n) is 16.3. The number of amides is 1. The number of carbonyl (C=O) groups excluding carboxylic acids is 2. The van der Waals surface area contributed by atoms with Crippen molar-refractivity contribution in [3.8, 4) is 0 Å². The van der Waals surface area contributed by atoms with Crippen LogP contribution in [0.15, 0.2) is 36.7 Å². The lowest BCUT2D eigenvalue weighted by Gasteiger charge is -2.33. The van der Waals surface area contributed by atoms with Crippen LogP contribution in [0.3, 0.4) is 0 Å². The molecule has 0 atom stereocenters. The van der Waals surface area contributed by atoms with Gasteiger partial charge in [-0.05, 0) is 19.1 Å². The van der Waals surface area contributed by atoms with Gasteiger partial charge in [0.15, 0.2) is 0 Å². The Morgan fingerprint density at radius 2 is 1.86 bits per heavy atom. The monoisotopic (exact) mass is 393 g/mol. The van der Waals surface area contributed by atoms with Crippen molar-refractivity contribution < 1.29 is 9.59 Å². The minimum atomic E-state index is -0.510. The van der Waals surface area contributed by atoms with Crippen molar-refractivity contribution in [3.63, 3.8) is 0 Å². The third-order valence-corrected chi connectivity index (χ3v) is 5.12. The normalized spacial score (nSPS) is 15.0. The van der Waals surface area contributed by atoms with Gasteiger partial charge in [-0.1, -0.05) is 12.1 Å². The van der Waals surface area contributed by atoms with E-state index in [0.717, 1.165) is 10.9 Å². The van der Waals surface area contributed by atoms with E-state index < -0.39 is 11.7 Å². The van der Waals surface area contributed by atoms with Crippen molar-refractivity contribution in [1.82, 2.24) is 29.5 Å². The molecule has 2 aromatic heterocycles. The highest BCUT2D eigenvalue weighted by Gasteiger charge is 2.28. The van der Waals surface area contributed by atoms with Crippen LogP contribution in [0, 0.1) is 0 Å². The molecule has 1 aliphatic heterocycles. The molecule has 1 fully saturated rings. The van der Waals surface area contributed by atoms with Gasteiger partial charge >= 0.3 is 0 Å². The molecule has 0 radical (unpaired) electrons. The maximum absolute atomic E-state index is 12.5. The van der Waals surface area contributed by atoms with Gasteiger partial charge in [-0.25, -0.2) is 9.97 Å². The molecule has 29 heavy (non-hydrogen) atoms. The standard InChI is InChI=1S/C20H23N7O2/c1-2-27-12-14(11-22-27)18(28)20(29)26-9-7-25(8-10-26)13-17-23-16-6-4-3-5-15(16)19(21)24-17/h3-6,11-12H,2,7-10,13H2,1H3,(H2,21,23,24).